The fourth-order valence-corrected chi connectivity index (χ4v) is 1.87. The summed E-state index contributed by atoms with van der Waals surface area (Å²) < 4.78 is 5.45. The molecule has 1 amide bonds. The van der Waals surface area contributed by atoms with E-state index < -0.39 is 10.8 Å². The van der Waals surface area contributed by atoms with Crippen molar-refractivity contribution in [2.45, 2.75) is 0 Å². The van der Waals surface area contributed by atoms with Gasteiger partial charge in [-0.1, -0.05) is 0 Å². The van der Waals surface area contributed by atoms with Crippen molar-refractivity contribution < 1.29 is 14.5 Å². The Balaban J connectivity index is 2.29. The highest BCUT2D eigenvalue weighted by Gasteiger charge is 2.15. The summed E-state index contributed by atoms with van der Waals surface area (Å²) in [6, 6.07) is 3.99. The highest BCUT2D eigenvalue weighted by atomic mass is 79.9. The van der Waals surface area contributed by atoms with Gasteiger partial charge in [0.15, 0.2) is 0 Å². The Morgan fingerprint density at radius 3 is 2.80 bits per heavy atom. The summed E-state index contributed by atoms with van der Waals surface area (Å²) in [7, 11) is 1.39. The summed E-state index contributed by atoms with van der Waals surface area (Å²) in [5.41, 5.74) is 0.293. The van der Waals surface area contributed by atoms with Crippen molar-refractivity contribution in [2.75, 3.05) is 12.4 Å². The maximum atomic E-state index is 12.0. The second-order valence-electron chi connectivity index (χ2n) is 3.72. The molecule has 0 unspecified atom stereocenters. The van der Waals surface area contributed by atoms with Crippen LogP contribution in [0.15, 0.2) is 28.9 Å². The first-order valence-corrected chi connectivity index (χ1v) is 6.14. The van der Waals surface area contributed by atoms with Crippen molar-refractivity contribution in [2.24, 2.45) is 0 Å². The number of carbonyl (C=O) groups excluding carboxylic acids is 1. The monoisotopic (exact) mass is 340 g/mol. The lowest BCUT2D eigenvalue weighted by Gasteiger charge is -2.06. The van der Waals surface area contributed by atoms with Gasteiger partial charge in [0.2, 0.25) is 0 Å². The number of ether oxygens (including phenoxy) is 1. The predicted octanol–water partition coefficient (Wildman–Crippen LogP) is 2.34. The average Bonchev–Trinajstić information content (AvgIpc) is 2.84. The number of rotatable bonds is 4. The quantitative estimate of drug-likeness (QED) is 0.655. The van der Waals surface area contributed by atoms with Gasteiger partial charge in [0, 0.05) is 12.1 Å². The Bertz CT molecular complexity index is 670. The van der Waals surface area contributed by atoms with Crippen LogP contribution < -0.4 is 10.1 Å². The number of carbonyl (C=O) groups is 1. The van der Waals surface area contributed by atoms with E-state index in [1.807, 2.05) is 0 Å². The minimum Gasteiger partial charge on any atom is -0.496 e. The fourth-order valence-electron chi connectivity index (χ4n) is 1.50. The maximum Gasteiger partial charge on any atom is 0.275 e. The van der Waals surface area contributed by atoms with E-state index in [1.165, 1.54) is 31.5 Å². The van der Waals surface area contributed by atoms with Gasteiger partial charge in [0.25, 0.3) is 11.6 Å². The van der Waals surface area contributed by atoms with E-state index in [4.69, 9.17) is 4.74 Å². The Morgan fingerprint density at radius 1 is 1.50 bits per heavy atom. The number of nitrogens with zero attached hydrogens (tertiary/aromatic N) is 2. The number of nitro groups is 1. The van der Waals surface area contributed by atoms with Gasteiger partial charge in [-0.25, -0.2) is 0 Å². The molecule has 0 bridgehead atoms. The van der Waals surface area contributed by atoms with E-state index >= 15 is 0 Å². The van der Waals surface area contributed by atoms with E-state index in [0.717, 1.165) is 0 Å². The number of nitro benzene ring substituents is 1. The lowest BCUT2D eigenvalue weighted by molar-refractivity contribution is -0.384. The highest BCUT2D eigenvalue weighted by Crippen LogP contribution is 2.26. The Morgan fingerprint density at radius 2 is 2.25 bits per heavy atom. The number of anilines is 1. The number of benzene rings is 1. The first-order chi connectivity index (χ1) is 9.51. The van der Waals surface area contributed by atoms with E-state index in [0.29, 0.717) is 4.47 Å². The number of hydrogen-bond acceptors (Lipinski definition) is 5. The van der Waals surface area contributed by atoms with Crippen LogP contribution in [0.3, 0.4) is 0 Å². The average molecular weight is 341 g/mol. The molecule has 8 nitrogen and oxygen atoms in total. The number of hydrogen-bond donors (Lipinski definition) is 2. The van der Waals surface area contributed by atoms with E-state index in [9.17, 15) is 14.9 Å². The SMILES string of the molecule is COc1cc(NC(=O)c2[nH]ncc2Br)cc([N+](=O)[O-])c1. The third-order valence-electron chi connectivity index (χ3n) is 2.42. The van der Waals surface area contributed by atoms with Crippen molar-refractivity contribution in [3.8, 4) is 5.75 Å². The van der Waals surface area contributed by atoms with Crippen LogP contribution in [0.2, 0.25) is 0 Å². The lowest BCUT2D eigenvalue weighted by Crippen LogP contribution is -2.13. The van der Waals surface area contributed by atoms with Crippen LogP contribution in [-0.4, -0.2) is 28.1 Å². The molecular weight excluding hydrogens is 332 g/mol. The van der Waals surface area contributed by atoms with E-state index in [2.05, 4.69) is 31.4 Å². The summed E-state index contributed by atoms with van der Waals surface area (Å²) in [4.78, 5) is 22.2. The molecule has 2 rings (SSSR count). The number of aromatic amines is 1. The number of H-pyrrole nitrogens is 1. The number of amides is 1. The summed E-state index contributed by atoms with van der Waals surface area (Å²) >= 11 is 3.16. The highest BCUT2D eigenvalue weighted by molar-refractivity contribution is 9.10. The van der Waals surface area contributed by atoms with Crippen molar-refractivity contribution in [3.05, 3.63) is 44.7 Å². The molecule has 0 atom stereocenters. The van der Waals surface area contributed by atoms with Crippen LogP contribution in [0.1, 0.15) is 10.5 Å². The van der Waals surface area contributed by atoms with Gasteiger partial charge < -0.3 is 10.1 Å². The first kappa shape index (κ1) is 14.0. The van der Waals surface area contributed by atoms with Crippen LogP contribution in [0.4, 0.5) is 11.4 Å². The minimum atomic E-state index is -0.565. The van der Waals surface area contributed by atoms with Gasteiger partial charge in [-0.05, 0) is 15.9 Å². The molecule has 1 heterocycles. The molecule has 1 aromatic carbocycles. The number of methoxy groups -OCH3 is 1. The van der Waals surface area contributed by atoms with Crippen LogP contribution in [-0.2, 0) is 0 Å². The molecule has 1 aromatic heterocycles. The molecule has 0 radical (unpaired) electrons. The number of aromatic nitrogens is 2. The van der Waals surface area contributed by atoms with Gasteiger partial charge in [-0.2, -0.15) is 5.10 Å². The molecule has 0 spiro atoms. The topological polar surface area (TPSA) is 110 Å². The van der Waals surface area contributed by atoms with E-state index in [1.54, 1.807) is 0 Å². The molecule has 104 valence electrons. The smallest absolute Gasteiger partial charge is 0.275 e. The second kappa shape index (κ2) is 5.70. The van der Waals surface area contributed by atoms with Crippen LogP contribution in [0.25, 0.3) is 0 Å². The third kappa shape index (κ3) is 2.94. The van der Waals surface area contributed by atoms with Crippen LogP contribution in [0.5, 0.6) is 5.75 Å². The number of non-ortho nitro benzene ring substituents is 1. The Labute approximate surface area is 121 Å². The molecule has 2 N–H and O–H groups in total. The van der Waals surface area contributed by atoms with Gasteiger partial charge in [-0.3, -0.25) is 20.0 Å². The molecule has 2 aromatic rings. The largest absolute Gasteiger partial charge is 0.496 e. The maximum absolute atomic E-state index is 12.0. The van der Waals surface area contributed by atoms with Gasteiger partial charge in [0.1, 0.15) is 11.4 Å². The van der Waals surface area contributed by atoms with Gasteiger partial charge >= 0.3 is 0 Å². The van der Waals surface area contributed by atoms with Gasteiger partial charge in [0.05, 0.1) is 34.5 Å². The summed E-state index contributed by atoms with van der Waals surface area (Å²) in [5.74, 6) is -0.199. The van der Waals surface area contributed by atoms with Crippen molar-refractivity contribution in [3.63, 3.8) is 0 Å². The summed E-state index contributed by atoms with van der Waals surface area (Å²) in [5, 5.41) is 19.5. The Hall–Kier alpha value is -2.42. The predicted molar refractivity (Wildman–Crippen MR) is 73.9 cm³/mol. The third-order valence-corrected chi connectivity index (χ3v) is 3.02. The second-order valence-corrected chi connectivity index (χ2v) is 4.58. The van der Waals surface area contributed by atoms with Crippen LogP contribution >= 0.6 is 15.9 Å². The zero-order chi connectivity index (χ0) is 14.7. The molecule has 0 aliphatic carbocycles. The van der Waals surface area contributed by atoms with Crippen molar-refractivity contribution in [1.82, 2.24) is 10.2 Å². The molecular formula is C11H9BrN4O4. The zero-order valence-corrected chi connectivity index (χ0v) is 11.8. The molecule has 0 aliphatic rings. The number of nitrogens with one attached hydrogen (secondary N) is 2. The molecule has 0 saturated heterocycles. The Kier molecular flexibility index (Phi) is 3.99. The van der Waals surface area contributed by atoms with Crippen molar-refractivity contribution >= 4 is 33.2 Å². The summed E-state index contributed by atoms with van der Waals surface area (Å²) in [6.45, 7) is 0. The molecule has 0 saturated carbocycles. The first-order valence-electron chi connectivity index (χ1n) is 5.35. The van der Waals surface area contributed by atoms with E-state index in [-0.39, 0.29) is 22.8 Å². The van der Waals surface area contributed by atoms with Crippen molar-refractivity contribution in [1.29, 1.82) is 0 Å². The van der Waals surface area contributed by atoms with Crippen LogP contribution in [0, 0.1) is 10.1 Å². The lowest BCUT2D eigenvalue weighted by atomic mass is 10.2. The molecule has 9 heteroatoms. The fraction of sp³-hybridized carbons (Fsp3) is 0.0909. The molecule has 0 aliphatic heterocycles. The number of halogens is 1. The normalized spacial score (nSPS) is 10.1. The standard InChI is InChI=1S/C11H9BrN4O4/c1-20-8-3-6(2-7(4-8)16(18)19)14-11(17)10-9(12)5-13-15-10/h2-5H,1H3,(H,13,15)(H,14,17). The summed E-state index contributed by atoms with van der Waals surface area (Å²) in [6.07, 6.45) is 1.43. The zero-order valence-electron chi connectivity index (χ0n) is 10.2. The van der Waals surface area contributed by atoms with Gasteiger partial charge in [-0.15, -0.1) is 0 Å². The molecule has 0 fully saturated rings. The molecule has 20 heavy (non-hydrogen) atoms. The minimum absolute atomic E-state index is 0.177.